The van der Waals surface area contributed by atoms with Gasteiger partial charge in [0, 0.05) is 21.0 Å². The van der Waals surface area contributed by atoms with Gasteiger partial charge in [0.15, 0.2) is 4.80 Å². The Morgan fingerprint density at radius 1 is 0.920 bits per heavy atom. The lowest BCUT2D eigenvalue weighted by Crippen LogP contribution is -2.31. The van der Waals surface area contributed by atoms with Gasteiger partial charge in [0.05, 0.1) is 12.2 Å². The largest absolute Gasteiger partial charge is 0.311 e. The summed E-state index contributed by atoms with van der Waals surface area (Å²) in [6.07, 6.45) is 0. The third-order valence-corrected chi connectivity index (χ3v) is 5.20. The van der Waals surface area contributed by atoms with Crippen LogP contribution in [0.15, 0.2) is 58.9 Å². The van der Waals surface area contributed by atoms with Crippen molar-refractivity contribution >= 4 is 34.5 Å². The molecule has 0 radical (unpaired) electrons. The third-order valence-electron chi connectivity index (χ3n) is 3.83. The summed E-state index contributed by atoms with van der Waals surface area (Å²) in [6.45, 7) is 7.22. The maximum atomic E-state index is 6.03. The first-order valence-electron chi connectivity index (χ1n) is 8.06. The molecule has 2 aromatic carbocycles. The minimum Gasteiger partial charge on any atom is -0.311 e. The monoisotopic (exact) mass is 390 g/mol. The molecule has 0 aliphatic rings. The van der Waals surface area contributed by atoms with E-state index in [9.17, 15) is 0 Å². The highest BCUT2D eigenvalue weighted by Gasteiger charge is 2.19. The summed E-state index contributed by atoms with van der Waals surface area (Å²) in [7, 11) is 0. The molecule has 0 amide bonds. The molecule has 0 aliphatic heterocycles. The Bertz CT molecular complexity index is 914. The van der Waals surface area contributed by atoms with Crippen molar-refractivity contribution in [2.75, 3.05) is 0 Å². The quantitative estimate of drug-likeness (QED) is 0.493. The zero-order valence-electron chi connectivity index (χ0n) is 14.5. The van der Waals surface area contributed by atoms with Gasteiger partial charge in [-0.1, -0.05) is 47.5 Å². The number of rotatable bonds is 3. The second-order valence-electron chi connectivity index (χ2n) is 6.86. The second-order valence-corrected chi connectivity index (χ2v) is 8.57. The lowest BCUT2D eigenvalue weighted by Gasteiger charge is -2.24. The Morgan fingerprint density at radius 3 is 2.04 bits per heavy atom. The molecule has 3 rings (SSSR count). The van der Waals surface area contributed by atoms with Crippen molar-refractivity contribution in [1.82, 2.24) is 4.57 Å². The Morgan fingerprint density at radius 2 is 1.48 bits per heavy atom. The van der Waals surface area contributed by atoms with E-state index in [4.69, 9.17) is 28.2 Å². The van der Waals surface area contributed by atoms with Crippen LogP contribution in [0.5, 0.6) is 0 Å². The van der Waals surface area contributed by atoms with Crippen molar-refractivity contribution in [2.45, 2.75) is 32.9 Å². The highest BCUT2D eigenvalue weighted by atomic mass is 35.5. The summed E-state index contributed by atoms with van der Waals surface area (Å²) < 4.78 is 2.29. The highest BCUT2D eigenvalue weighted by Crippen LogP contribution is 2.27. The summed E-state index contributed by atoms with van der Waals surface area (Å²) in [4.78, 5) is 5.86. The minimum absolute atomic E-state index is 0.0756. The molecule has 0 aliphatic carbocycles. The predicted octanol–water partition coefficient (Wildman–Crippen LogP) is 6.38. The van der Waals surface area contributed by atoms with E-state index in [1.165, 1.54) is 0 Å². The van der Waals surface area contributed by atoms with Gasteiger partial charge in [0.1, 0.15) is 0 Å². The molecule has 5 heteroatoms. The van der Waals surface area contributed by atoms with E-state index >= 15 is 0 Å². The van der Waals surface area contributed by atoms with Gasteiger partial charge >= 0.3 is 0 Å². The first-order chi connectivity index (χ1) is 11.8. The number of benzene rings is 2. The molecule has 0 spiro atoms. The van der Waals surface area contributed by atoms with Crippen molar-refractivity contribution < 1.29 is 0 Å². The van der Waals surface area contributed by atoms with E-state index in [-0.39, 0.29) is 5.54 Å². The second kappa shape index (κ2) is 7.36. The summed E-state index contributed by atoms with van der Waals surface area (Å²) in [5.41, 5.74) is 3.37. The molecule has 3 aromatic rings. The summed E-state index contributed by atoms with van der Waals surface area (Å²) in [5.74, 6) is 0. The lowest BCUT2D eigenvalue weighted by molar-refractivity contribution is 0.391. The molecular weight excluding hydrogens is 371 g/mol. The maximum Gasteiger partial charge on any atom is 0.186 e. The van der Waals surface area contributed by atoms with Crippen LogP contribution in [0.1, 0.15) is 26.3 Å². The van der Waals surface area contributed by atoms with Crippen LogP contribution in [0, 0.1) is 0 Å². The van der Waals surface area contributed by atoms with Crippen molar-refractivity contribution in [3.8, 4) is 11.3 Å². The Balaban J connectivity index is 2.03. The van der Waals surface area contributed by atoms with E-state index in [1.54, 1.807) is 11.3 Å². The van der Waals surface area contributed by atoms with Gasteiger partial charge in [0.25, 0.3) is 0 Å². The lowest BCUT2D eigenvalue weighted by atomic mass is 10.1. The zero-order chi connectivity index (χ0) is 18.0. The van der Waals surface area contributed by atoms with E-state index in [0.29, 0.717) is 6.54 Å². The molecule has 0 bridgehead atoms. The number of nitrogens with zero attached hydrogens (tertiary/aromatic N) is 2. The van der Waals surface area contributed by atoms with Gasteiger partial charge in [0.2, 0.25) is 0 Å². The number of halogens is 2. The third kappa shape index (κ3) is 4.35. The van der Waals surface area contributed by atoms with Crippen LogP contribution in [-0.4, -0.2) is 4.57 Å². The molecule has 2 nitrogen and oxygen atoms in total. The molecule has 1 heterocycles. The van der Waals surface area contributed by atoms with Crippen molar-refractivity contribution in [3.05, 3.63) is 74.3 Å². The first kappa shape index (κ1) is 18.2. The van der Waals surface area contributed by atoms with Crippen LogP contribution in [0.25, 0.3) is 11.3 Å². The van der Waals surface area contributed by atoms with Crippen LogP contribution in [0.2, 0.25) is 10.0 Å². The fourth-order valence-corrected chi connectivity index (χ4v) is 3.97. The van der Waals surface area contributed by atoms with Crippen LogP contribution < -0.4 is 4.80 Å². The molecule has 0 unspecified atom stereocenters. The Kier molecular flexibility index (Phi) is 5.38. The minimum atomic E-state index is -0.0756. The summed E-state index contributed by atoms with van der Waals surface area (Å²) in [5, 5.41) is 3.65. The number of hydrogen-bond donors (Lipinski definition) is 0. The Labute approximate surface area is 162 Å². The van der Waals surface area contributed by atoms with Crippen LogP contribution in [0.3, 0.4) is 0 Å². The van der Waals surface area contributed by atoms with Crippen molar-refractivity contribution in [1.29, 1.82) is 0 Å². The number of aromatic nitrogens is 1. The van der Waals surface area contributed by atoms with Gasteiger partial charge in [-0.05, 0) is 56.2 Å². The van der Waals surface area contributed by atoms with Gasteiger partial charge in [-0.3, -0.25) is 4.99 Å². The smallest absolute Gasteiger partial charge is 0.186 e. The fraction of sp³-hybridized carbons (Fsp3) is 0.250. The molecule has 130 valence electrons. The number of hydrogen-bond acceptors (Lipinski definition) is 2. The fourth-order valence-electron chi connectivity index (χ4n) is 2.64. The van der Waals surface area contributed by atoms with Crippen molar-refractivity contribution in [2.24, 2.45) is 4.99 Å². The summed E-state index contributed by atoms with van der Waals surface area (Å²) in [6, 6.07) is 15.8. The molecule has 0 N–H and O–H groups in total. The first-order valence-corrected chi connectivity index (χ1v) is 9.70. The SMILES string of the molecule is CC(C)(C)n1c(-c2ccc(Cl)cc2)csc1=NCc1ccc(Cl)cc1. The van der Waals surface area contributed by atoms with Gasteiger partial charge in [-0.2, -0.15) is 0 Å². The highest BCUT2D eigenvalue weighted by molar-refractivity contribution is 7.07. The van der Waals surface area contributed by atoms with Crippen LogP contribution in [-0.2, 0) is 12.1 Å². The molecule has 0 fully saturated rings. The van der Waals surface area contributed by atoms with E-state index in [0.717, 1.165) is 31.7 Å². The molecule has 25 heavy (non-hydrogen) atoms. The van der Waals surface area contributed by atoms with Gasteiger partial charge in [-0.15, -0.1) is 11.3 Å². The zero-order valence-corrected chi connectivity index (χ0v) is 16.8. The standard InChI is InChI=1S/C20H20Cl2N2S/c1-20(2,3)24-18(15-6-10-17(22)11-7-15)13-25-19(24)23-12-14-4-8-16(21)9-5-14/h4-11,13H,12H2,1-3H3. The molecule has 0 saturated heterocycles. The average Bonchev–Trinajstić information content (AvgIpc) is 2.99. The van der Waals surface area contributed by atoms with E-state index < -0.39 is 0 Å². The topological polar surface area (TPSA) is 17.3 Å². The molecular formula is C20H20Cl2N2S. The average molecular weight is 391 g/mol. The van der Waals surface area contributed by atoms with Crippen LogP contribution >= 0.6 is 34.5 Å². The van der Waals surface area contributed by atoms with Gasteiger partial charge < -0.3 is 4.57 Å². The Hall–Kier alpha value is -1.55. The summed E-state index contributed by atoms with van der Waals surface area (Å²) >= 11 is 13.6. The maximum absolute atomic E-state index is 6.03. The van der Waals surface area contributed by atoms with E-state index in [1.807, 2.05) is 36.4 Å². The van der Waals surface area contributed by atoms with Crippen LogP contribution in [0.4, 0.5) is 0 Å². The number of thiazole rings is 1. The van der Waals surface area contributed by atoms with Gasteiger partial charge in [-0.25, -0.2) is 0 Å². The molecule has 0 atom stereocenters. The molecule has 0 saturated carbocycles. The van der Waals surface area contributed by atoms with Crippen molar-refractivity contribution in [3.63, 3.8) is 0 Å². The van der Waals surface area contributed by atoms with E-state index in [2.05, 4.69) is 42.9 Å². The predicted molar refractivity (Wildman–Crippen MR) is 108 cm³/mol. The molecule has 1 aromatic heterocycles. The normalized spacial score (nSPS) is 12.6.